The molecule has 3 saturated heterocycles. The van der Waals surface area contributed by atoms with Crippen LogP contribution in [0.25, 0.3) is 6.08 Å². The Morgan fingerprint density at radius 3 is 2.00 bits per heavy atom. The monoisotopic (exact) mass is 650 g/mol. The second-order valence-electron chi connectivity index (χ2n) is 10.8. The maximum atomic E-state index is 12.7. The zero-order chi connectivity index (χ0) is 33.2. The number of aromatic hydroxyl groups is 2. The fraction of sp³-hybridized carbons (Fsp3) is 0.667. The summed E-state index contributed by atoms with van der Waals surface area (Å²) in [7, 11) is 0. The van der Waals surface area contributed by atoms with E-state index >= 15 is 0 Å². The number of benzene rings is 1. The topological polar surface area (TPSA) is 295 Å². The third-order valence-corrected chi connectivity index (χ3v) is 7.68. The molecule has 0 bridgehead atoms. The Hall–Kier alpha value is -2.53. The minimum absolute atomic E-state index is 0.298. The second-order valence-corrected chi connectivity index (χ2v) is 10.8. The lowest BCUT2D eigenvalue weighted by Crippen LogP contribution is -2.66. The normalized spacial score (nSPS) is 42.5. The first-order valence-corrected chi connectivity index (χ1v) is 13.9. The van der Waals surface area contributed by atoms with Gasteiger partial charge in [0.05, 0.1) is 19.3 Å². The molecule has 3 fully saturated rings. The number of hydrogen-bond donors (Lipinski definition) is 11. The predicted octanol–water partition coefficient (Wildman–Crippen LogP) is -4.87. The molecule has 11 N–H and O–H groups in total. The van der Waals surface area contributed by atoms with Gasteiger partial charge < -0.3 is 84.6 Å². The molecule has 3 heterocycles. The number of carbonyl (C=O) groups excluding carboxylic acids is 1. The fourth-order valence-electron chi connectivity index (χ4n) is 5.13. The fourth-order valence-corrected chi connectivity index (χ4v) is 5.13. The Labute approximate surface area is 255 Å². The number of phenolic OH excluding ortho intramolecular Hbond substituents is 2. The Morgan fingerprint density at radius 2 is 1.36 bits per heavy atom. The van der Waals surface area contributed by atoms with Crippen LogP contribution in [-0.4, -0.2) is 167 Å². The van der Waals surface area contributed by atoms with E-state index in [0.717, 1.165) is 12.1 Å². The summed E-state index contributed by atoms with van der Waals surface area (Å²) in [5.41, 5.74) is 0.298. The number of aliphatic hydroxyl groups excluding tert-OH is 9. The van der Waals surface area contributed by atoms with Crippen LogP contribution in [0.1, 0.15) is 12.5 Å². The van der Waals surface area contributed by atoms with Gasteiger partial charge in [-0.2, -0.15) is 0 Å². The van der Waals surface area contributed by atoms with Crippen molar-refractivity contribution in [2.75, 3.05) is 13.2 Å². The number of aliphatic hydroxyl groups is 9. The van der Waals surface area contributed by atoms with Crippen LogP contribution in [-0.2, 0) is 33.2 Å². The second kappa shape index (κ2) is 14.9. The lowest BCUT2D eigenvalue weighted by Gasteiger charge is -2.47. The average molecular weight is 651 g/mol. The molecule has 1 aromatic carbocycles. The lowest BCUT2D eigenvalue weighted by molar-refractivity contribution is -0.374. The van der Waals surface area contributed by atoms with E-state index in [2.05, 4.69) is 0 Å². The van der Waals surface area contributed by atoms with Gasteiger partial charge in [0.25, 0.3) is 0 Å². The Bertz CT molecular complexity index is 1160. The van der Waals surface area contributed by atoms with Crippen LogP contribution in [0.15, 0.2) is 24.3 Å². The van der Waals surface area contributed by atoms with Crippen molar-refractivity contribution in [3.63, 3.8) is 0 Å². The summed E-state index contributed by atoms with van der Waals surface area (Å²) in [5.74, 6) is -1.87. The molecule has 45 heavy (non-hydrogen) atoms. The SMILES string of the molecule is C[C@@H]1O[C@@H](O[C@H]2[C@H](OC(=O)/C=C/c3ccc(O)c(O)c3)[C@@H](CO)OC(O)[C@@H]2O)[C@H](O)[C@H](O)[C@H]1O[C@@H]1O[C@H](CO)[C@@H](O)[C@H](O)[C@H]1O. The van der Waals surface area contributed by atoms with Gasteiger partial charge in [-0.1, -0.05) is 6.07 Å². The van der Waals surface area contributed by atoms with Crippen molar-refractivity contribution in [2.24, 2.45) is 0 Å². The summed E-state index contributed by atoms with van der Waals surface area (Å²) < 4.78 is 32.7. The first-order valence-electron chi connectivity index (χ1n) is 13.9. The summed E-state index contributed by atoms with van der Waals surface area (Å²) in [6.45, 7) is -0.187. The Morgan fingerprint density at radius 1 is 0.733 bits per heavy atom. The van der Waals surface area contributed by atoms with Crippen molar-refractivity contribution in [2.45, 2.75) is 99.0 Å². The molecule has 3 aliphatic rings. The van der Waals surface area contributed by atoms with Crippen LogP contribution >= 0.6 is 0 Å². The van der Waals surface area contributed by atoms with Gasteiger partial charge in [-0.15, -0.1) is 0 Å². The maximum Gasteiger partial charge on any atom is 0.331 e. The lowest BCUT2D eigenvalue weighted by atomic mass is 9.96. The predicted molar refractivity (Wildman–Crippen MR) is 143 cm³/mol. The zero-order valence-electron chi connectivity index (χ0n) is 23.7. The maximum absolute atomic E-state index is 12.7. The van der Waals surface area contributed by atoms with Crippen LogP contribution in [0.3, 0.4) is 0 Å². The third kappa shape index (κ3) is 7.72. The summed E-state index contributed by atoms with van der Waals surface area (Å²) in [4.78, 5) is 12.7. The highest BCUT2D eigenvalue weighted by Crippen LogP contribution is 2.33. The summed E-state index contributed by atoms with van der Waals surface area (Å²) in [5, 5.41) is 111. The van der Waals surface area contributed by atoms with Gasteiger partial charge in [-0.05, 0) is 30.7 Å². The largest absolute Gasteiger partial charge is 0.504 e. The molecule has 15 atom stereocenters. The number of ether oxygens (including phenoxy) is 6. The summed E-state index contributed by atoms with van der Waals surface area (Å²) in [6.07, 6.45) is -22.8. The van der Waals surface area contributed by atoms with Crippen molar-refractivity contribution < 1.29 is 89.4 Å². The van der Waals surface area contributed by atoms with Gasteiger partial charge in [-0.3, -0.25) is 0 Å². The number of phenols is 2. The van der Waals surface area contributed by atoms with Gasteiger partial charge >= 0.3 is 5.97 Å². The van der Waals surface area contributed by atoms with Gasteiger partial charge in [0.2, 0.25) is 0 Å². The van der Waals surface area contributed by atoms with E-state index in [9.17, 15) is 61.0 Å². The van der Waals surface area contributed by atoms with Crippen molar-refractivity contribution in [3.8, 4) is 11.5 Å². The van der Waals surface area contributed by atoms with Gasteiger partial charge in [-0.25, -0.2) is 4.79 Å². The highest BCUT2D eigenvalue weighted by molar-refractivity contribution is 5.87. The van der Waals surface area contributed by atoms with Crippen LogP contribution in [0.2, 0.25) is 0 Å². The van der Waals surface area contributed by atoms with Crippen molar-refractivity contribution in [3.05, 3.63) is 29.8 Å². The standard InChI is InChI=1S/C27H38O18/c1-9-22(44-27-19(36)17(34)16(33)13(7-28)42-27)18(35)20(37)26(40-9)45-24-21(38)25(39)41-14(8-29)23(24)43-15(32)5-3-10-2-4-11(30)12(31)6-10/h2-6,9,13-14,16-31,33-39H,7-8H2,1H3/b5-3+/t9-,13+,14+,16+,17-,18-,19+,20+,21+,22-,23+,24+,25?,26-,27-/m0/s1. The van der Waals surface area contributed by atoms with Crippen LogP contribution in [0.5, 0.6) is 11.5 Å². The van der Waals surface area contributed by atoms with Gasteiger partial charge in [0.1, 0.15) is 61.0 Å². The molecule has 1 unspecified atom stereocenters. The van der Waals surface area contributed by atoms with E-state index in [4.69, 9.17) is 28.4 Å². The van der Waals surface area contributed by atoms with E-state index in [-0.39, 0.29) is 5.75 Å². The first kappa shape index (κ1) is 35.3. The molecule has 3 aliphatic heterocycles. The van der Waals surface area contributed by atoms with E-state index in [1.54, 1.807) is 0 Å². The van der Waals surface area contributed by atoms with E-state index in [1.165, 1.54) is 25.1 Å². The quantitative estimate of drug-likeness (QED) is 0.0678. The molecule has 0 radical (unpaired) electrons. The summed E-state index contributed by atoms with van der Waals surface area (Å²) in [6, 6.07) is 3.73. The third-order valence-electron chi connectivity index (χ3n) is 7.68. The highest BCUT2D eigenvalue weighted by atomic mass is 16.8. The molecular formula is C27H38O18. The number of carbonyl (C=O) groups is 1. The summed E-state index contributed by atoms with van der Waals surface area (Å²) >= 11 is 0. The zero-order valence-corrected chi connectivity index (χ0v) is 23.7. The van der Waals surface area contributed by atoms with Crippen LogP contribution in [0.4, 0.5) is 0 Å². The molecular weight excluding hydrogens is 612 g/mol. The average Bonchev–Trinajstić information content (AvgIpc) is 3.01. The Kier molecular flexibility index (Phi) is 11.7. The molecule has 1 aromatic rings. The van der Waals surface area contributed by atoms with Crippen molar-refractivity contribution in [1.82, 2.24) is 0 Å². The first-order chi connectivity index (χ1) is 21.3. The molecule has 0 saturated carbocycles. The number of esters is 1. The number of rotatable bonds is 9. The molecule has 254 valence electrons. The molecule has 18 nitrogen and oxygen atoms in total. The van der Waals surface area contributed by atoms with Crippen molar-refractivity contribution >= 4 is 12.0 Å². The van der Waals surface area contributed by atoms with Gasteiger partial charge in [0, 0.05) is 6.08 Å². The minimum atomic E-state index is -1.94. The van der Waals surface area contributed by atoms with Crippen molar-refractivity contribution in [1.29, 1.82) is 0 Å². The van der Waals surface area contributed by atoms with E-state index < -0.39 is 117 Å². The van der Waals surface area contributed by atoms with Crippen LogP contribution < -0.4 is 0 Å². The molecule has 4 rings (SSSR count). The smallest absolute Gasteiger partial charge is 0.331 e. The van der Waals surface area contributed by atoms with E-state index in [0.29, 0.717) is 5.56 Å². The van der Waals surface area contributed by atoms with E-state index in [1.807, 2.05) is 0 Å². The molecule has 0 aliphatic carbocycles. The number of hydrogen-bond acceptors (Lipinski definition) is 18. The highest BCUT2D eigenvalue weighted by Gasteiger charge is 2.53. The van der Waals surface area contributed by atoms with Crippen LogP contribution in [0, 0.1) is 0 Å². The van der Waals surface area contributed by atoms with Gasteiger partial charge in [0.15, 0.2) is 36.5 Å². The molecule has 0 spiro atoms. The Balaban J connectivity index is 1.47. The molecule has 18 heteroatoms. The molecule has 0 amide bonds. The molecule has 0 aromatic heterocycles. The minimum Gasteiger partial charge on any atom is -0.504 e.